The standard InChI is InChI=1S/C13H17N3O4S/c1-9-8-10(4-5-11(9)16(18)19)12(17)15-13(21)14-6-3-7-20-2/h4-5,8H,3,6-7H2,1-2H3,(H2,14,15,17,21). The lowest BCUT2D eigenvalue weighted by Gasteiger charge is -2.09. The maximum Gasteiger partial charge on any atom is 0.272 e. The maximum absolute atomic E-state index is 11.9. The number of methoxy groups -OCH3 is 1. The summed E-state index contributed by atoms with van der Waals surface area (Å²) >= 11 is 4.99. The molecule has 0 saturated heterocycles. The van der Waals surface area contributed by atoms with Gasteiger partial charge in [-0.15, -0.1) is 0 Å². The summed E-state index contributed by atoms with van der Waals surface area (Å²) in [5, 5.41) is 16.3. The van der Waals surface area contributed by atoms with Gasteiger partial charge < -0.3 is 10.1 Å². The van der Waals surface area contributed by atoms with E-state index in [-0.39, 0.29) is 10.8 Å². The fourth-order valence-electron chi connectivity index (χ4n) is 1.64. The molecule has 1 aromatic rings. The van der Waals surface area contributed by atoms with Gasteiger partial charge in [-0.1, -0.05) is 0 Å². The van der Waals surface area contributed by atoms with Gasteiger partial charge in [-0.05, 0) is 37.7 Å². The van der Waals surface area contributed by atoms with Gasteiger partial charge in [0.2, 0.25) is 0 Å². The number of carbonyl (C=O) groups is 1. The quantitative estimate of drug-likeness (QED) is 0.358. The zero-order valence-corrected chi connectivity index (χ0v) is 12.7. The Bertz CT molecular complexity index is 548. The number of nitrogens with one attached hydrogen (secondary N) is 2. The van der Waals surface area contributed by atoms with Gasteiger partial charge in [-0.3, -0.25) is 20.2 Å². The topological polar surface area (TPSA) is 93.5 Å². The molecule has 0 spiro atoms. The molecule has 0 heterocycles. The van der Waals surface area contributed by atoms with Gasteiger partial charge in [0.05, 0.1) is 4.92 Å². The zero-order valence-electron chi connectivity index (χ0n) is 11.8. The van der Waals surface area contributed by atoms with E-state index in [1.165, 1.54) is 18.2 Å². The third-order valence-corrected chi connectivity index (χ3v) is 2.94. The molecule has 0 aliphatic carbocycles. The van der Waals surface area contributed by atoms with Crippen molar-refractivity contribution in [1.29, 1.82) is 0 Å². The number of carbonyl (C=O) groups excluding carboxylic acids is 1. The Labute approximate surface area is 127 Å². The van der Waals surface area contributed by atoms with Crippen molar-refractivity contribution in [2.45, 2.75) is 13.3 Å². The summed E-state index contributed by atoms with van der Waals surface area (Å²) in [5.74, 6) is -0.405. The first-order chi connectivity index (χ1) is 9.95. The summed E-state index contributed by atoms with van der Waals surface area (Å²) in [6.45, 7) is 2.77. The van der Waals surface area contributed by atoms with Crippen LogP contribution < -0.4 is 10.6 Å². The summed E-state index contributed by atoms with van der Waals surface area (Å²) < 4.78 is 4.89. The molecule has 2 N–H and O–H groups in total. The summed E-state index contributed by atoms with van der Waals surface area (Å²) in [5.41, 5.74) is 0.720. The van der Waals surface area contributed by atoms with Crippen LogP contribution in [0.2, 0.25) is 0 Å². The van der Waals surface area contributed by atoms with E-state index < -0.39 is 10.8 Å². The van der Waals surface area contributed by atoms with Crippen molar-refractivity contribution in [3.05, 3.63) is 39.4 Å². The molecule has 1 amide bonds. The van der Waals surface area contributed by atoms with Crippen molar-refractivity contribution in [2.24, 2.45) is 0 Å². The molecule has 0 radical (unpaired) electrons. The predicted molar refractivity (Wildman–Crippen MR) is 82.4 cm³/mol. The van der Waals surface area contributed by atoms with E-state index in [0.29, 0.717) is 24.3 Å². The smallest absolute Gasteiger partial charge is 0.272 e. The first kappa shape index (κ1) is 17.0. The number of ether oxygens (including phenoxy) is 1. The van der Waals surface area contributed by atoms with Crippen LogP contribution >= 0.6 is 12.2 Å². The van der Waals surface area contributed by atoms with Gasteiger partial charge in [-0.2, -0.15) is 0 Å². The van der Waals surface area contributed by atoms with Crippen molar-refractivity contribution in [3.8, 4) is 0 Å². The van der Waals surface area contributed by atoms with E-state index >= 15 is 0 Å². The molecular weight excluding hydrogens is 294 g/mol. The molecule has 1 rings (SSSR count). The van der Waals surface area contributed by atoms with Gasteiger partial charge in [0.1, 0.15) is 0 Å². The number of thiocarbonyl (C=S) groups is 1. The van der Waals surface area contributed by atoms with Crippen LogP contribution in [-0.4, -0.2) is 36.2 Å². The highest BCUT2D eigenvalue weighted by atomic mass is 32.1. The van der Waals surface area contributed by atoms with Crippen LogP contribution in [0.15, 0.2) is 18.2 Å². The number of nitro benzene ring substituents is 1. The molecular formula is C13H17N3O4S. The van der Waals surface area contributed by atoms with Crippen LogP contribution in [0.5, 0.6) is 0 Å². The largest absolute Gasteiger partial charge is 0.385 e. The predicted octanol–water partition coefficient (Wildman–Crippen LogP) is 1.54. The number of hydrogen-bond donors (Lipinski definition) is 2. The molecule has 1 aromatic carbocycles. The van der Waals surface area contributed by atoms with E-state index in [4.69, 9.17) is 17.0 Å². The number of aryl methyl sites for hydroxylation is 1. The Hall–Kier alpha value is -2.06. The first-order valence-corrected chi connectivity index (χ1v) is 6.69. The Morgan fingerprint density at radius 2 is 2.19 bits per heavy atom. The average molecular weight is 311 g/mol. The number of benzene rings is 1. The molecule has 0 saturated carbocycles. The fourth-order valence-corrected chi connectivity index (χ4v) is 1.83. The SMILES string of the molecule is COCCCNC(=S)NC(=O)c1ccc([N+](=O)[O-])c(C)c1. The first-order valence-electron chi connectivity index (χ1n) is 6.29. The van der Waals surface area contributed by atoms with Gasteiger partial charge >= 0.3 is 0 Å². The highest BCUT2D eigenvalue weighted by Gasteiger charge is 2.14. The van der Waals surface area contributed by atoms with Gasteiger partial charge in [-0.25, -0.2) is 0 Å². The highest BCUT2D eigenvalue weighted by Crippen LogP contribution is 2.18. The molecule has 0 aliphatic rings. The minimum absolute atomic E-state index is 0.0215. The van der Waals surface area contributed by atoms with Crippen molar-refractivity contribution in [1.82, 2.24) is 10.6 Å². The molecule has 0 unspecified atom stereocenters. The van der Waals surface area contributed by atoms with Crippen LogP contribution in [0.1, 0.15) is 22.3 Å². The van der Waals surface area contributed by atoms with Gasteiger partial charge in [0, 0.05) is 37.5 Å². The molecule has 7 nitrogen and oxygen atoms in total. The number of hydrogen-bond acceptors (Lipinski definition) is 5. The molecule has 0 fully saturated rings. The molecule has 8 heteroatoms. The van der Waals surface area contributed by atoms with Crippen molar-refractivity contribution in [2.75, 3.05) is 20.3 Å². The van der Waals surface area contributed by atoms with Crippen molar-refractivity contribution >= 4 is 28.9 Å². The van der Waals surface area contributed by atoms with Gasteiger partial charge in [0.25, 0.3) is 11.6 Å². The van der Waals surface area contributed by atoms with Crippen LogP contribution in [0.4, 0.5) is 5.69 Å². The van der Waals surface area contributed by atoms with Crippen LogP contribution in [0.25, 0.3) is 0 Å². The summed E-state index contributed by atoms with van der Waals surface area (Å²) in [6, 6.07) is 4.16. The van der Waals surface area contributed by atoms with E-state index in [2.05, 4.69) is 10.6 Å². The molecule has 0 bridgehead atoms. The third-order valence-electron chi connectivity index (χ3n) is 2.69. The monoisotopic (exact) mass is 311 g/mol. The molecule has 114 valence electrons. The highest BCUT2D eigenvalue weighted by molar-refractivity contribution is 7.80. The summed E-state index contributed by atoms with van der Waals surface area (Å²) in [7, 11) is 1.61. The minimum atomic E-state index is -0.487. The Balaban J connectivity index is 2.57. The molecule has 0 aromatic heterocycles. The minimum Gasteiger partial charge on any atom is -0.385 e. The van der Waals surface area contributed by atoms with Crippen LogP contribution in [0, 0.1) is 17.0 Å². The Morgan fingerprint density at radius 3 is 2.76 bits per heavy atom. The van der Waals surface area contributed by atoms with E-state index in [0.717, 1.165) is 6.42 Å². The number of nitrogens with zero attached hydrogens (tertiary/aromatic N) is 1. The van der Waals surface area contributed by atoms with Gasteiger partial charge in [0.15, 0.2) is 5.11 Å². The second-order valence-corrected chi connectivity index (χ2v) is 4.72. The lowest BCUT2D eigenvalue weighted by atomic mass is 10.1. The Morgan fingerprint density at radius 1 is 1.48 bits per heavy atom. The number of amides is 1. The van der Waals surface area contributed by atoms with Crippen molar-refractivity contribution in [3.63, 3.8) is 0 Å². The average Bonchev–Trinajstić information content (AvgIpc) is 2.43. The van der Waals surface area contributed by atoms with E-state index in [1.807, 2.05) is 0 Å². The van der Waals surface area contributed by atoms with E-state index in [9.17, 15) is 14.9 Å². The second kappa shape index (κ2) is 8.28. The lowest BCUT2D eigenvalue weighted by molar-refractivity contribution is -0.385. The third kappa shape index (κ3) is 5.44. The second-order valence-electron chi connectivity index (χ2n) is 4.31. The van der Waals surface area contributed by atoms with Crippen LogP contribution in [0.3, 0.4) is 0 Å². The number of rotatable bonds is 6. The lowest BCUT2D eigenvalue weighted by Crippen LogP contribution is -2.39. The summed E-state index contributed by atoms with van der Waals surface area (Å²) in [6.07, 6.45) is 0.767. The normalized spacial score (nSPS) is 10.0. The Kier molecular flexibility index (Phi) is 6.70. The fraction of sp³-hybridized carbons (Fsp3) is 0.385. The molecule has 0 aliphatic heterocycles. The maximum atomic E-state index is 11.9. The molecule has 0 atom stereocenters. The van der Waals surface area contributed by atoms with Crippen LogP contribution in [-0.2, 0) is 4.74 Å². The molecule has 21 heavy (non-hydrogen) atoms. The zero-order chi connectivity index (χ0) is 15.8. The summed E-state index contributed by atoms with van der Waals surface area (Å²) in [4.78, 5) is 22.2. The van der Waals surface area contributed by atoms with Crippen molar-refractivity contribution < 1.29 is 14.5 Å². The number of nitro groups is 1. The van der Waals surface area contributed by atoms with E-state index in [1.54, 1.807) is 14.0 Å².